The predicted molar refractivity (Wildman–Crippen MR) is 51.7 cm³/mol. The quantitative estimate of drug-likeness (QED) is 0.634. The van der Waals surface area contributed by atoms with Gasteiger partial charge in [0.05, 0.1) is 6.54 Å². The monoisotopic (exact) mass is 183 g/mol. The number of nitrogens with zero attached hydrogens (tertiary/aromatic N) is 1. The summed E-state index contributed by atoms with van der Waals surface area (Å²) in [5.74, 6) is -0.740. The molecular formula is C10H17NO2. The van der Waals surface area contributed by atoms with E-state index in [1.54, 1.807) is 0 Å². The lowest BCUT2D eigenvalue weighted by Gasteiger charge is -2.20. The third-order valence-corrected chi connectivity index (χ3v) is 2.33. The second-order valence-electron chi connectivity index (χ2n) is 3.63. The first-order chi connectivity index (χ1) is 6.13. The molecule has 1 aliphatic rings. The van der Waals surface area contributed by atoms with Crippen molar-refractivity contribution >= 4 is 5.97 Å². The van der Waals surface area contributed by atoms with E-state index in [0.29, 0.717) is 6.04 Å². The number of aliphatic carboxylic acids is 1. The van der Waals surface area contributed by atoms with E-state index >= 15 is 0 Å². The first-order valence-corrected chi connectivity index (χ1v) is 4.76. The van der Waals surface area contributed by atoms with E-state index < -0.39 is 5.97 Å². The molecule has 1 rings (SSSR count). The minimum Gasteiger partial charge on any atom is -0.480 e. The van der Waals surface area contributed by atoms with Crippen LogP contribution in [0.1, 0.15) is 26.2 Å². The smallest absolute Gasteiger partial charge is 0.317 e. The molecule has 13 heavy (non-hydrogen) atoms. The number of carboxylic acid groups (broad SMARTS) is 1. The van der Waals surface area contributed by atoms with Crippen LogP contribution in [-0.2, 0) is 4.79 Å². The Bertz CT molecular complexity index is 209. The number of carboxylic acids is 1. The summed E-state index contributed by atoms with van der Waals surface area (Å²) in [6.45, 7) is 6.85. The molecule has 0 aromatic rings. The van der Waals surface area contributed by atoms with Crippen LogP contribution < -0.4 is 0 Å². The first-order valence-electron chi connectivity index (χ1n) is 4.76. The Hall–Kier alpha value is -0.830. The zero-order valence-corrected chi connectivity index (χ0v) is 8.12. The third kappa shape index (κ3) is 3.59. The molecule has 0 amide bonds. The van der Waals surface area contributed by atoms with E-state index in [1.165, 1.54) is 0 Å². The highest BCUT2D eigenvalue weighted by Gasteiger charge is 2.30. The summed E-state index contributed by atoms with van der Waals surface area (Å²) in [7, 11) is 0. The molecule has 74 valence electrons. The van der Waals surface area contributed by atoms with Crippen LogP contribution in [0.4, 0.5) is 0 Å². The lowest BCUT2D eigenvalue weighted by molar-refractivity contribution is -0.138. The average Bonchev–Trinajstić information content (AvgIpc) is 2.84. The Balaban J connectivity index is 2.37. The fourth-order valence-electron chi connectivity index (χ4n) is 1.33. The van der Waals surface area contributed by atoms with Gasteiger partial charge in [-0.2, -0.15) is 0 Å². The molecule has 1 aliphatic carbocycles. The molecular weight excluding hydrogens is 166 g/mol. The number of rotatable bonds is 6. The summed E-state index contributed by atoms with van der Waals surface area (Å²) in [5.41, 5.74) is 1.12. The number of hydrogen-bond acceptors (Lipinski definition) is 2. The summed E-state index contributed by atoms with van der Waals surface area (Å²) in [5, 5.41) is 8.67. The van der Waals surface area contributed by atoms with Crippen molar-refractivity contribution in [3.63, 3.8) is 0 Å². The van der Waals surface area contributed by atoms with Gasteiger partial charge in [0, 0.05) is 12.6 Å². The van der Waals surface area contributed by atoms with Gasteiger partial charge in [0.2, 0.25) is 0 Å². The van der Waals surface area contributed by atoms with Crippen LogP contribution in [-0.4, -0.2) is 35.1 Å². The summed E-state index contributed by atoms with van der Waals surface area (Å²) in [6, 6.07) is 0.499. The summed E-state index contributed by atoms with van der Waals surface area (Å²) < 4.78 is 0. The maximum atomic E-state index is 10.5. The topological polar surface area (TPSA) is 40.5 Å². The highest BCUT2D eigenvalue weighted by molar-refractivity contribution is 5.69. The van der Waals surface area contributed by atoms with Crippen LogP contribution in [0.25, 0.3) is 0 Å². The second kappa shape index (κ2) is 4.42. The largest absolute Gasteiger partial charge is 0.480 e. The molecule has 0 saturated heterocycles. The zero-order chi connectivity index (χ0) is 9.84. The highest BCUT2D eigenvalue weighted by atomic mass is 16.4. The van der Waals surface area contributed by atoms with Crippen LogP contribution in [0.5, 0.6) is 0 Å². The summed E-state index contributed by atoms with van der Waals surface area (Å²) in [4.78, 5) is 12.5. The molecule has 1 fully saturated rings. The molecule has 0 aromatic carbocycles. The predicted octanol–water partition coefficient (Wildman–Crippen LogP) is 1.50. The van der Waals surface area contributed by atoms with Gasteiger partial charge >= 0.3 is 5.97 Å². The van der Waals surface area contributed by atoms with Crippen molar-refractivity contribution in [2.75, 3.05) is 13.1 Å². The Morgan fingerprint density at radius 3 is 2.54 bits per heavy atom. The number of carbonyl (C=O) groups is 1. The fraction of sp³-hybridized carbons (Fsp3) is 0.700. The Morgan fingerprint density at radius 1 is 1.54 bits per heavy atom. The standard InChI is InChI=1S/C10H17NO2/c1-3-8(2)6-11(7-10(12)13)9-4-5-9/h9H,2-7H2,1H3,(H,12,13). The minimum atomic E-state index is -0.740. The van der Waals surface area contributed by atoms with Gasteiger partial charge in [0.1, 0.15) is 0 Å². The van der Waals surface area contributed by atoms with Gasteiger partial charge in [0.15, 0.2) is 0 Å². The van der Waals surface area contributed by atoms with Gasteiger partial charge < -0.3 is 5.11 Å². The third-order valence-electron chi connectivity index (χ3n) is 2.33. The lowest BCUT2D eigenvalue weighted by Crippen LogP contribution is -2.33. The van der Waals surface area contributed by atoms with Crippen molar-refractivity contribution in [1.82, 2.24) is 4.90 Å². The summed E-state index contributed by atoms with van der Waals surface area (Å²) in [6.07, 6.45) is 3.22. The molecule has 0 unspecified atom stereocenters. The van der Waals surface area contributed by atoms with Crippen molar-refractivity contribution in [3.05, 3.63) is 12.2 Å². The van der Waals surface area contributed by atoms with Gasteiger partial charge in [-0.25, -0.2) is 0 Å². The average molecular weight is 183 g/mol. The molecule has 0 bridgehead atoms. The highest BCUT2D eigenvalue weighted by Crippen LogP contribution is 2.27. The Kier molecular flexibility index (Phi) is 3.48. The van der Waals surface area contributed by atoms with Crippen LogP contribution >= 0.6 is 0 Å². The van der Waals surface area contributed by atoms with Gasteiger partial charge in [-0.1, -0.05) is 19.1 Å². The Labute approximate surface area is 79.0 Å². The molecule has 0 heterocycles. The van der Waals surface area contributed by atoms with Gasteiger partial charge in [0.25, 0.3) is 0 Å². The van der Waals surface area contributed by atoms with E-state index in [-0.39, 0.29) is 6.54 Å². The van der Waals surface area contributed by atoms with Gasteiger partial charge in [-0.3, -0.25) is 9.69 Å². The van der Waals surface area contributed by atoms with Crippen molar-refractivity contribution in [2.24, 2.45) is 0 Å². The van der Waals surface area contributed by atoms with Crippen molar-refractivity contribution in [1.29, 1.82) is 0 Å². The van der Waals surface area contributed by atoms with E-state index in [4.69, 9.17) is 5.11 Å². The van der Waals surface area contributed by atoms with E-state index in [2.05, 4.69) is 6.58 Å². The van der Waals surface area contributed by atoms with Crippen molar-refractivity contribution in [3.8, 4) is 0 Å². The van der Waals surface area contributed by atoms with E-state index in [0.717, 1.165) is 31.4 Å². The van der Waals surface area contributed by atoms with Gasteiger partial charge in [-0.15, -0.1) is 0 Å². The molecule has 0 aliphatic heterocycles. The molecule has 0 spiro atoms. The van der Waals surface area contributed by atoms with E-state index in [1.807, 2.05) is 11.8 Å². The molecule has 3 nitrogen and oxygen atoms in total. The molecule has 0 radical (unpaired) electrons. The van der Waals surface area contributed by atoms with Crippen LogP contribution in [0.15, 0.2) is 12.2 Å². The Morgan fingerprint density at radius 2 is 2.15 bits per heavy atom. The fourth-order valence-corrected chi connectivity index (χ4v) is 1.33. The lowest BCUT2D eigenvalue weighted by atomic mass is 10.2. The molecule has 1 N–H and O–H groups in total. The molecule has 0 aromatic heterocycles. The van der Waals surface area contributed by atoms with Crippen LogP contribution in [0.2, 0.25) is 0 Å². The zero-order valence-electron chi connectivity index (χ0n) is 8.12. The number of hydrogen-bond donors (Lipinski definition) is 1. The van der Waals surface area contributed by atoms with Gasteiger partial charge in [-0.05, 0) is 19.3 Å². The van der Waals surface area contributed by atoms with Crippen LogP contribution in [0.3, 0.4) is 0 Å². The van der Waals surface area contributed by atoms with Crippen molar-refractivity contribution in [2.45, 2.75) is 32.2 Å². The van der Waals surface area contributed by atoms with E-state index in [9.17, 15) is 4.79 Å². The molecule has 3 heteroatoms. The normalized spacial score (nSPS) is 16.2. The molecule has 0 atom stereocenters. The maximum Gasteiger partial charge on any atom is 0.317 e. The SMILES string of the molecule is C=C(CC)CN(CC(=O)O)C1CC1. The van der Waals surface area contributed by atoms with Crippen LogP contribution in [0, 0.1) is 0 Å². The van der Waals surface area contributed by atoms with Crippen molar-refractivity contribution < 1.29 is 9.90 Å². The maximum absolute atomic E-state index is 10.5. The summed E-state index contributed by atoms with van der Waals surface area (Å²) >= 11 is 0. The molecule has 1 saturated carbocycles. The second-order valence-corrected chi connectivity index (χ2v) is 3.63. The first kappa shape index (κ1) is 10.3. The minimum absolute atomic E-state index is 0.156.